The Bertz CT molecular complexity index is 753. The Morgan fingerprint density at radius 2 is 2.24 bits per heavy atom. The minimum absolute atomic E-state index is 0.00195. The molecule has 11 nitrogen and oxygen atoms in total. The zero-order valence-electron chi connectivity index (χ0n) is 13.5. The summed E-state index contributed by atoms with van der Waals surface area (Å²) in [7, 11) is -2.82. The average molecular weight is 378 g/mol. The van der Waals surface area contributed by atoms with Crippen LogP contribution in [0.1, 0.15) is 0 Å². The molecule has 0 aliphatic rings. The number of ether oxygens (including phenoxy) is 2. The molecule has 0 amide bonds. The molecule has 0 radical (unpaired) electrons. The van der Waals surface area contributed by atoms with Crippen molar-refractivity contribution < 1.29 is 28.2 Å². The summed E-state index contributed by atoms with van der Waals surface area (Å²) in [6.45, 7) is -0.0419. The molecular weight excluding hydrogens is 358 g/mol. The molecule has 0 spiro atoms. The van der Waals surface area contributed by atoms with Crippen molar-refractivity contribution in [3.05, 3.63) is 6.33 Å². The van der Waals surface area contributed by atoms with Crippen LogP contribution in [-0.2, 0) is 20.6 Å². The largest absolute Gasteiger partial charge is 0.383 e. The van der Waals surface area contributed by atoms with Crippen molar-refractivity contribution in [3.8, 4) is 0 Å². The highest BCUT2D eigenvalue weighted by Crippen LogP contribution is 2.34. The second kappa shape index (κ2) is 8.50. The molecule has 0 aromatic carbocycles. The molecular formula is C12H20FN6O5P. The van der Waals surface area contributed by atoms with Crippen LogP contribution in [-0.4, -0.2) is 68.7 Å². The van der Waals surface area contributed by atoms with Crippen molar-refractivity contribution in [2.45, 2.75) is 12.6 Å². The first-order valence-corrected chi connectivity index (χ1v) is 9.07. The third-order valence-electron chi connectivity index (χ3n) is 3.13. The van der Waals surface area contributed by atoms with E-state index in [-0.39, 0.29) is 12.5 Å². The topological polar surface area (TPSA) is 158 Å². The molecule has 1 atom stereocenters. The Balaban J connectivity index is 2.19. The Kier molecular flexibility index (Phi) is 6.62. The third-order valence-corrected chi connectivity index (χ3v) is 3.62. The Labute approximate surface area is 142 Å². The number of nitrogen functional groups attached to an aromatic ring is 1. The van der Waals surface area contributed by atoms with Crippen LogP contribution < -0.4 is 11.1 Å². The molecule has 2 aromatic rings. The van der Waals surface area contributed by atoms with Gasteiger partial charge in [0.15, 0.2) is 17.0 Å². The molecule has 5 N–H and O–H groups in total. The molecule has 2 heterocycles. The van der Waals surface area contributed by atoms with Gasteiger partial charge in [-0.05, 0) is 0 Å². The fourth-order valence-corrected chi connectivity index (χ4v) is 2.46. The first-order valence-electron chi connectivity index (χ1n) is 7.27. The number of methoxy groups -OCH3 is 1. The number of rotatable bonds is 10. The maximum atomic E-state index is 13.1. The summed E-state index contributed by atoms with van der Waals surface area (Å²) >= 11 is 0. The maximum Gasteiger partial charge on any atom is 0.350 e. The molecule has 0 aliphatic carbocycles. The van der Waals surface area contributed by atoms with E-state index in [2.05, 4.69) is 20.3 Å². The van der Waals surface area contributed by atoms with Crippen molar-refractivity contribution in [2.24, 2.45) is 0 Å². The van der Waals surface area contributed by atoms with E-state index in [0.29, 0.717) is 30.1 Å². The van der Waals surface area contributed by atoms with Crippen LogP contribution in [0.4, 0.5) is 16.2 Å². The number of nitrogens with one attached hydrogen (secondary N) is 1. The van der Waals surface area contributed by atoms with Crippen LogP contribution in [0.15, 0.2) is 6.33 Å². The second-order valence-electron chi connectivity index (χ2n) is 5.16. The first-order chi connectivity index (χ1) is 11.8. The van der Waals surface area contributed by atoms with E-state index in [1.807, 2.05) is 0 Å². The van der Waals surface area contributed by atoms with Crippen molar-refractivity contribution in [2.75, 3.05) is 44.3 Å². The minimum atomic E-state index is -4.38. The number of nitrogens with two attached hydrogens (primary N) is 1. The van der Waals surface area contributed by atoms with Gasteiger partial charge >= 0.3 is 7.60 Å². The molecule has 140 valence electrons. The number of hydrogen-bond acceptors (Lipinski definition) is 8. The summed E-state index contributed by atoms with van der Waals surface area (Å²) in [6, 6.07) is 0. The fourth-order valence-electron chi connectivity index (χ4n) is 2.06. The summed E-state index contributed by atoms with van der Waals surface area (Å²) in [6.07, 6.45) is -0.523. The number of imidazole rings is 1. The van der Waals surface area contributed by atoms with Gasteiger partial charge in [-0.1, -0.05) is 0 Å². The van der Waals surface area contributed by atoms with Gasteiger partial charge in [-0.2, -0.15) is 9.97 Å². The van der Waals surface area contributed by atoms with Crippen molar-refractivity contribution in [3.63, 3.8) is 0 Å². The third kappa shape index (κ3) is 5.58. The molecule has 0 saturated heterocycles. The number of anilines is 2. The van der Waals surface area contributed by atoms with E-state index in [0.717, 1.165) is 0 Å². The van der Waals surface area contributed by atoms with Gasteiger partial charge in [0, 0.05) is 13.7 Å². The molecule has 0 bridgehead atoms. The van der Waals surface area contributed by atoms with Gasteiger partial charge in [0.2, 0.25) is 5.95 Å². The van der Waals surface area contributed by atoms with E-state index in [1.54, 1.807) is 7.11 Å². The van der Waals surface area contributed by atoms with Gasteiger partial charge in [-0.3, -0.25) is 4.57 Å². The SMILES string of the molecule is COCCNc1nc(N)nc2c1ncn2C[C@@H](CF)OCP(=O)(O)O. The lowest BCUT2D eigenvalue weighted by atomic mass is 10.4. The van der Waals surface area contributed by atoms with Gasteiger partial charge in [0.25, 0.3) is 0 Å². The van der Waals surface area contributed by atoms with E-state index >= 15 is 0 Å². The van der Waals surface area contributed by atoms with Gasteiger partial charge in [-0.25, -0.2) is 9.37 Å². The second-order valence-corrected chi connectivity index (χ2v) is 6.74. The number of halogens is 1. The van der Waals surface area contributed by atoms with Crippen LogP contribution in [0.5, 0.6) is 0 Å². The molecule has 2 rings (SSSR count). The average Bonchev–Trinajstić information content (AvgIpc) is 2.93. The van der Waals surface area contributed by atoms with Crippen LogP contribution in [0.25, 0.3) is 11.2 Å². The number of alkyl halides is 1. The summed E-state index contributed by atoms with van der Waals surface area (Å²) in [4.78, 5) is 30.0. The lowest BCUT2D eigenvalue weighted by Gasteiger charge is -2.16. The Hall–Kier alpha value is -1.85. The Morgan fingerprint density at radius 3 is 2.88 bits per heavy atom. The molecule has 0 fully saturated rings. The smallest absolute Gasteiger partial charge is 0.350 e. The zero-order chi connectivity index (χ0) is 18.4. The molecule has 0 saturated carbocycles. The maximum absolute atomic E-state index is 13.1. The zero-order valence-corrected chi connectivity index (χ0v) is 14.4. The van der Waals surface area contributed by atoms with Crippen LogP contribution in [0.3, 0.4) is 0 Å². The molecule has 2 aromatic heterocycles. The molecule has 25 heavy (non-hydrogen) atoms. The molecule has 13 heteroatoms. The fraction of sp³-hybridized carbons (Fsp3) is 0.583. The van der Waals surface area contributed by atoms with Crippen molar-refractivity contribution in [1.82, 2.24) is 19.5 Å². The summed E-state index contributed by atoms with van der Waals surface area (Å²) < 4.78 is 35.3. The van der Waals surface area contributed by atoms with Gasteiger partial charge in [0.1, 0.15) is 19.1 Å². The van der Waals surface area contributed by atoms with Crippen molar-refractivity contribution >= 4 is 30.5 Å². The highest BCUT2D eigenvalue weighted by atomic mass is 31.2. The van der Waals surface area contributed by atoms with E-state index in [9.17, 15) is 8.96 Å². The number of fused-ring (bicyclic) bond motifs is 1. The predicted octanol–water partition coefficient (Wildman–Crippen LogP) is -0.0433. The highest BCUT2D eigenvalue weighted by molar-refractivity contribution is 7.51. The van der Waals surface area contributed by atoms with Crippen LogP contribution >= 0.6 is 7.60 Å². The Morgan fingerprint density at radius 1 is 1.48 bits per heavy atom. The highest BCUT2D eigenvalue weighted by Gasteiger charge is 2.20. The molecule has 0 unspecified atom stereocenters. The first kappa shape index (κ1) is 19.5. The van der Waals surface area contributed by atoms with Gasteiger partial charge < -0.3 is 34.9 Å². The van der Waals surface area contributed by atoms with Crippen LogP contribution in [0, 0.1) is 0 Å². The summed E-state index contributed by atoms with van der Waals surface area (Å²) in [5.74, 6) is 0.410. The standard InChI is InChI=1S/C12H20FN6O5P/c1-23-3-2-15-10-9-11(18-12(14)17-10)19(6-16-9)5-8(4-13)24-7-25(20,21)22/h6,8H,2-5,7H2,1H3,(H2,20,21,22)(H3,14,15,17,18)/t8-/m1/s1. The molecule has 0 aliphatic heterocycles. The predicted molar refractivity (Wildman–Crippen MR) is 87.9 cm³/mol. The summed E-state index contributed by atoms with van der Waals surface area (Å²) in [5.41, 5.74) is 6.47. The monoisotopic (exact) mass is 378 g/mol. The van der Waals surface area contributed by atoms with Crippen molar-refractivity contribution in [1.29, 1.82) is 0 Å². The van der Waals surface area contributed by atoms with E-state index < -0.39 is 26.7 Å². The number of aromatic nitrogens is 4. The van der Waals surface area contributed by atoms with E-state index in [4.69, 9.17) is 25.0 Å². The number of hydrogen-bond donors (Lipinski definition) is 4. The van der Waals surface area contributed by atoms with E-state index in [1.165, 1.54) is 10.9 Å². The lowest BCUT2D eigenvalue weighted by Crippen LogP contribution is -2.23. The van der Waals surface area contributed by atoms with Crippen LogP contribution in [0.2, 0.25) is 0 Å². The summed E-state index contributed by atoms with van der Waals surface area (Å²) in [5, 5.41) is 3.01. The van der Waals surface area contributed by atoms with Gasteiger partial charge in [0.05, 0.1) is 19.5 Å². The minimum Gasteiger partial charge on any atom is -0.383 e. The quantitative estimate of drug-likeness (QED) is 0.326. The van der Waals surface area contributed by atoms with Gasteiger partial charge in [-0.15, -0.1) is 0 Å². The number of nitrogens with zero attached hydrogens (tertiary/aromatic N) is 4. The lowest BCUT2D eigenvalue weighted by molar-refractivity contribution is 0.0445. The normalized spacial score (nSPS) is 13.3.